The van der Waals surface area contributed by atoms with E-state index in [2.05, 4.69) is 25.5 Å². The molecule has 2 N–H and O–H groups in total. The fourth-order valence-corrected chi connectivity index (χ4v) is 1.81. The van der Waals surface area contributed by atoms with Crippen LogP contribution in [0.4, 0.5) is 5.95 Å². The number of anilines is 1. The summed E-state index contributed by atoms with van der Waals surface area (Å²) in [5.74, 6) is 1.00. The van der Waals surface area contributed by atoms with Gasteiger partial charge in [-0.05, 0) is 39.2 Å². The van der Waals surface area contributed by atoms with E-state index in [9.17, 15) is 4.79 Å². The predicted molar refractivity (Wildman–Crippen MR) is 83.6 cm³/mol. The van der Waals surface area contributed by atoms with E-state index in [4.69, 9.17) is 4.42 Å². The first kappa shape index (κ1) is 16.0. The molecule has 0 unspecified atom stereocenters. The first-order valence-electron chi connectivity index (χ1n) is 7.16. The number of nitrogens with zero attached hydrogens (tertiary/aromatic N) is 3. The quantitative estimate of drug-likeness (QED) is 0.717. The van der Waals surface area contributed by atoms with Gasteiger partial charge in [0.25, 0.3) is 5.91 Å². The molecule has 0 fully saturated rings. The molecule has 2 aromatic rings. The van der Waals surface area contributed by atoms with E-state index in [1.165, 1.54) is 12.4 Å². The van der Waals surface area contributed by atoms with Crippen LogP contribution in [0.25, 0.3) is 0 Å². The molecule has 0 saturated carbocycles. The lowest BCUT2D eigenvalue weighted by Crippen LogP contribution is -2.23. The molecule has 2 rings (SSSR count). The van der Waals surface area contributed by atoms with Gasteiger partial charge < -0.3 is 20.0 Å². The van der Waals surface area contributed by atoms with Gasteiger partial charge >= 0.3 is 0 Å². The molecule has 0 aliphatic rings. The molecule has 0 aliphatic heterocycles. The van der Waals surface area contributed by atoms with Gasteiger partial charge in [-0.3, -0.25) is 4.79 Å². The van der Waals surface area contributed by atoms with Gasteiger partial charge in [-0.2, -0.15) is 0 Å². The summed E-state index contributed by atoms with van der Waals surface area (Å²) < 4.78 is 5.15. The Labute approximate surface area is 129 Å². The van der Waals surface area contributed by atoms with Crippen LogP contribution in [0.2, 0.25) is 0 Å². The van der Waals surface area contributed by atoms with Gasteiger partial charge in [0, 0.05) is 18.9 Å². The van der Waals surface area contributed by atoms with Crippen molar-refractivity contribution in [1.82, 2.24) is 20.2 Å². The van der Waals surface area contributed by atoms with E-state index in [-0.39, 0.29) is 5.91 Å². The van der Waals surface area contributed by atoms with E-state index in [0.717, 1.165) is 19.5 Å². The predicted octanol–water partition coefficient (Wildman–Crippen LogP) is 1.36. The smallest absolute Gasteiger partial charge is 0.254 e. The van der Waals surface area contributed by atoms with E-state index in [1.54, 1.807) is 18.4 Å². The van der Waals surface area contributed by atoms with Crippen molar-refractivity contribution in [2.75, 3.05) is 32.5 Å². The zero-order valence-corrected chi connectivity index (χ0v) is 12.9. The number of rotatable bonds is 8. The van der Waals surface area contributed by atoms with Crippen LogP contribution in [0.3, 0.4) is 0 Å². The number of hydrogen-bond acceptors (Lipinski definition) is 6. The first-order valence-corrected chi connectivity index (χ1v) is 7.16. The number of amides is 1. The summed E-state index contributed by atoms with van der Waals surface area (Å²) in [6.45, 7) is 2.14. The first-order chi connectivity index (χ1) is 10.6. The Balaban J connectivity index is 1.76. The van der Waals surface area contributed by atoms with Gasteiger partial charge in [0.2, 0.25) is 5.95 Å². The average Bonchev–Trinajstić information content (AvgIpc) is 3.03. The van der Waals surface area contributed by atoms with E-state index in [1.807, 2.05) is 14.1 Å². The Bertz CT molecular complexity index is 566. The summed E-state index contributed by atoms with van der Waals surface area (Å²) in [5, 5.41) is 5.87. The molecular formula is C15H21N5O2. The minimum Gasteiger partial charge on any atom is -0.467 e. The molecule has 2 aromatic heterocycles. The van der Waals surface area contributed by atoms with Gasteiger partial charge in [-0.15, -0.1) is 0 Å². The Hall–Kier alpha value is -2.41. The molecule has 0 saturated heterocycles. The topological polar surface area (TPSA) is 83.3 Å². The van der Waals surface area contributed by atoms with Crippen LogP contribution in [-0.2, 0) is 6.54 Å². The van der Waals surface area contributed by atoms with E-state index in [0.29, 0.717) is 23.8 Å². The highest BCUT2D eigenvalue weighted by Crippen LogP contribution is 2.03. The normalized spacial score (nSPS) is 10.7. The monoisotopic (exact) mass is 303 g/mol. The Morgan fingerprint density at radius 2 is 2.09 bits per heavy atom. The highest BCUT2D eigenvalue weighted by atomic mass is 16.3. The molecule has 0 radical (unpaired) electrons. The lowest BCUT2D eigenvalue weighted by molar-refractivity contribution is 0.0947. The third-order valence-electron chi connectivity index (χ3n) is 2.98. The molecule has 2 heterocycles. The average molecular weight is 303 g/mol. The van der Waals surface area contributed by atoms with Crippen LogP contribution in [0, 0.1) is 0 Å². The van der Waals surface area contributed by atoms with Crippen molar-refractivity contribution in [1.29, 1.82) is 0 Å². The van der Waals surface area contributed by atoms with Gasteiger partial charge in [0.05, 0.1) is 18.4 Å². The number of carbonyl (C=O) groups is 1. The third-order valence-corrected chi connectivity index (χ3v) is 2.98. The van der Waals surface area contributed by atoms with Gasteiger partial charge in [0.1, 0.15) is 5.76 Å². The van der Waals surface area contributed by atoms with Crippen molar-refractivity contribution in [3.05, 3.63) is 42.1 Å². The molecule has 7 nitrogen and oxygen atoms in total. The fourth-order valence-electron chi connectivity index (χ4n) is 1.81. The fraction of sp³-hybridized carbons (Fsp3) is 0.400. The SMILES string of the molecule is CN(C)CCCNc1ncc(C(=O)NCc2ccco2)cn1. The molecule has 7 heteroatoms. The molecular weight excluding hydrogens is 282 g/mol. The summed E-state index contributed by atoms with van der Waals surface area (Å²) in [7, 11) is 4.07. The molecule has 118 valence electrons. The van der Waals surface area contributed by atoms with Gasteiger partial charge in [-0.25, -0.2) is 9.97 Å². The summed E-state index contributed by atoms with van der Waals surface area (Å²) in [6, 6.07) is 3.58. The second kappa shape index (κ2) is 8.14. The van der Waals surface area contributed by atoms with E-state index >= 15 is 0 Å². The molecule has 0 aromatic carbocycles. The third kappa shape index (κ3) is 5.17. The summed E-state index contributed by atoms with van der Waals surface area (Å²) >= 11 is 0. The minimum absolute atomic E-state index is 0.226. The van der Waals surface area contributed by atoms with Crippen LogP contribution >= 0.6 is 0 Å². The number of carbonyl (C=O) groups excluding carboxylic acids is 1. The maximum Gasteiger partial charge on any atom is 0.254 e. The van der Waals surface area contributed by atoms with Crippen molar-refractivity contribution in [2.24, 2.45) is 0 Å². The number of hydrogen-bond donors (Lipinski definition) is 2. The number of furan rings is 1. The van der Waals surface area contributed by atoms with Crippen LogP contribution in [0.5, 0.6) is 0 Å². The van der Waals surface area contributed by atoms with Crippen LogP contribution < -0.4 is 10.6 Å². The van der Waals surface area contributed by atoms with Crippen molar-refractivity contribution in [3.8, 4) is 0 Å². The molecule has 0 atom stereocenters. The molecule has 0 spiro atoms. The maximum absolute atomic E-state index is 11.9. The van der Waals surface area contributed by atoms with Crippen molar-refractivity contribution < 1.29 is 9.21 Å². The highest BCUT2D eigenvalue weighted by molar-refractivity contribution is 5.93. The Morgan fingerprint density at radius 1 is 1.32 bits per heavy atom. The van der Waals surface area contributed by atoms with E-state index < -0.39 is 0 Å². The summed E-state index contributed by atoms with van der Waals surface area (Å²) in [5.41, 5.74) is 0.422. The van der Waals surface area contributed by atoms with Crippen LogP contribution in [0.15, 0.2) is 35.2 Å². The zero-order valence-electron chi connectivity index (χ0n) is 12.9. The molecule has 22 heavy (non-hydrogen) atoms. The standard InChI is InChI=1S/C15H21N5O2/c1-20(2)7-4-6-16-15-18-9-12(10-19-15)14(21)17-11-13-5-3-8-22-13/h3,5,8-10H,4,6-7,11H2,1-2H3,(H,17,21)(H,16,18,19). The lowest BCUT2D eigenvalue weighted by Gasteiger charge is -2.09. The Morgan fingerprint density at radius 3 is 2.73 bits per heavy atom. The van der Waals surface area contributed by atoms with Crippen molar-refractivity contribution in [2.45, 2.75) is 13.0 Å². The number of aromatic nitrogens is 2. The number of nitrogens with one attached hydrogen (secondary N) is 2. The summed E-state index contributed by atoms with van der Waals surface area (Å²) in [6.07, 6.45) is 5.60. The second-order valence-corrected chi connectivity index (χ2v) is 5.14. The molecule has 1 amide bonds. The second-order valence-electron chi connectivity index (χ2n) is 5.14. The minimum atomic E-state index is -0.226. The Kier molecular flexibility index (Phi) is 5.91. The lowest BCUT2D eigenvalue weighted by atomic mass is 10.3. The van der Waals surface area contributed by atoms with Crippen LogP contribution in [-0.4, -0.2) is 48.0 Å². The summed E-state index contributed by atoms with van der Waals surface area (Å²) in [4.78, 5) is 22.3. The molecule has 0 aliphatic carbocycles. The van der Waals surface area contributed by atoms with Gasteiger partial charge in [-0.1, -0.05) is 0 Å². The van der Waals surface area contributed by atoms with Crippen molar-refractivity contribution >= 4 is 11.9 Å². The molecule has 0 bridgehead atoms. The zero-order chi connectivity index (χ0) is 15.8. The van der Waals surface area contributed by atoms with Crippen LogP contribution in [0.1, 0.15) is 22.5 Å². The highest BCUT2D eigenvalue weighted by Gasteiger charge is 2.07. The van der Waals surface area contributed by atoms with Gasteiger partial charge in [0.15, 0.2) is 0 Å². The largest absolute Gasteiger partial charge is 0.467 e. The maximum atomic E-state index is 11.9. The van der Waals surface area contributed by atoms with Crippen molar-refractivity contribution in [3.63, 3.8) is 0 Å².